The lowest BCUT2D eigenvalue weighted by atomic mass is 9.69. The monoisotopic (exact) mass is 424 g/mol. The molecule has 5 nitrogen and oxygen atoms in total. The first kappa shape index (κ1) is 20.4. The Balaban J connectivity index is 1.40. The number of rotatable bonds is 5. The average molecular weight is 425 g/mol. The molecule has 0 aromatic carbocycles. The SMILES string of the molecule is CC1(C)C2CCC1(C)C(NC(=O)Cc1ccc(S(=O)(=O)N3CCCCC3)s1)C2. The first-order chi connectivity index (χ1) is 13.1. The maximum atomic E-state index is 12.8. The van der Waals surface area contributed by atoms with Gasteiger partial charge in [-0.2, -0.15) is 4.31 Å². The number of thiophene rings is 1. The van der Waals surface area contributed by atoms with Crippen LogP contribution in [-0.2, 0) is 21.2 Å². The number of fused-ring (bicyclic) bond motifs is 2. The number of hydrogen-bond acceptors (Lipinski definition) is 4. The lowest BCUT2D eigenvalue weighted by Gasteiger charge is -2.39. The van der Waals surface area contributed by atoms with E-state index in [2.05, 4.69) is 26.1 Å². The summed E-state index contributed by atoms with van der Waals surface area (Å²) >= 11 is 1.24. The number of piperidine rings is 1. The molecule has 1 N–H and O–H groups in total. The molecule has 3 aliphatic rings. The summed E-state index contributed by atoms with van der Waals surface area (Å²) in [6.45, 7) is 8.21. The highest BCUT2D eigenvalue weighted by Gasteiger charge is 2.61. The molecule has 0 spiro atoms. The van der Waals surface area contributed by atoms with Crippen molar-refractivity contribution in [2.75, 3.05) is 13.1 Å². The number of nitrogens with zero attached hydrogens (tertiary/aromatic N) is 1. The summed E-state index contributed by atoms with van der Waals surface area (Å²) in [4.78, 5) is 13.5. The molecule has 2 aliphatic carbocycles. The third-order valence-electron chi connectivity index (χ3n) is 8.01. The number of hydrogen-bond donors (Lipinski definition) is 1. The molecule has 2 bridgehead atoms. The van der Waals surface area contributed by atoms with Crippen LogP contribution < -0.4 is 5.32 Å². The Hall–Kier alpha value is -0.920. The van der Waals surface area contributed by atoms with Crippen molar-refractivity contribution in [3.63, 3.8) is 0 Å². The second-order valence-electron chi connectivity index (χ2n) is 9.59. The third-order valence-corrected chi connectivity index (χ3v) is 11.5. The molecule has 28 heavy (non-hydrogen) atoms. The molecular formula is C21H32N2O3S2. The first-order valence-corrected chi connectivity index (χ1v) is 12.8. The minimum atomic E-state index is -3.41. The summed E-state index contributed by atoms with van der Waals surface area (Å²) in [6.07, 6.45) is 6.71. The molecule has 3 atom stereocenters. The third kappa shape index (κ3) is 3.23. The highest BCUT2D eigenvalue weighted by atomic mass is 32.2. The van der Waals surface area contributed by atoms with Gasteiger partial charge in [0.2, 0.25) is 5.91 Å². The summed E-state index contributed by atoms with van der Waals surface area (Å²) in [7, 11) is -3.41. The molecule has 7 heteroatoms. The van der Waals surface area contributed by atoms with Crippen molar-refractivity contribution in [3.05, 3.63) is 17.0 Å². The van der Waals surface area contributed by atoms with E-state index in [-0.39, 0.29) is 29.2 Å². The second-order valence-corrected chi connectivity index (χ2v) is 12.9. The van der Waals surface area contributed by atoms with Crippen molar-refractivity contribution in [1.29, 1.82) is 0 Å². The van der Waals surface area contributed by atoms with E-state index < -0.39 is 10.0 Å². The van der Waals surface area contributed by atoms with Crippen molar-refractivity contribution < 1.29 is 13.2 Å². The Morgan fingerprint density at radius 1 is 1.21 bits per heavy atom. The van der Waals surface area contributed by atoms with Crippen molar-refractivity contribution >= 4 is 27.3 Å². The number of nitrogens with one attached hydrogen (secondary N) is 1. The maximum absolute atomic E-state index is 12.8. The highest BCUT2D eigenvalue weighted by molar-refractivity contribution is 7.91. The van der Waals surface area contributed by atoms with Gasteiger partial charge in [0.1, 0.15) is 4.21 Å². The maximum Gasteiger partial charge on any atom is 0.252 e. The zero-order valence-corrected chi connectivity index (χ0v) is 18.8. The van der Waals surface area contributed by atoms with Crippen molar-refractivity contribution in [2.45, 2.75) is 76.0 Å². The molecule has 156 valence electrons. The Morgan fingerprint density at radius 2 is 1.93 bits per heavy atom. The van der Waals surface area contributed by atoms with Gasteiger partial charge in [-0.05, 0) is 61.0 Å². The van der Waals surface area contributed by atoms with Crippen LogP contribution in [0.1, 0.15) is 64.2 Å². The quantitative estimate of drug-likeness (QED) is 0.782. The van der Waals surface area contributed by atoms with Crippen LogP contribution in [0.5, 0.6) is 0 Å². The largest absolute Gasteiger partial charge is 0.352 e. The molecule has 0 radical (unpaired) electrons. The second kappa shape index (κ2) is 7.10. The zero-order valence-electron chi connectivity index (χ0n) is 17.2. The van der Waals surface area contributed by atoms with Gasteiger partial charge in [0.25, 0.3) is 10.0 Å². The van der Waals surface area contributed by atoms with Crippen LogP contribution in [0.25, 0.3) is 0 Å². The summed E-state index contributed by atoms with van der Waals surface area (Å²) in [6, 6.07) is 3.69. The first-order valence-electron chi connectivity index (χ1n) is 10.5. The molecule has 1 amide bonds. The molecule has 1 saturated heterocycles. The van der Waals surface area contributed by atoms with Gasteiger partial charge in [-0.25, -0.2) is 8.42 Å². The Bertz CT molecular complexity index is 855. The smallest absolute Gasteiger partial charge is 0.252 e. The summed E-state index contributed by atoms with van der Waals surface area (Å²) < 4.78 is 27.6. The number of carbonyl (C=O) groups excluding carboxylic acids is 1. The summed E-state index contributed by atoms with van der Waals surface area (Å²) in [5.74, 6) is 0.698. The molecular weight excluding hydrogens is 392 g/mol. The van der Waals surface area contributed by atoms with Crippen LogP contribution in [0.3, 0.4) is 0 Å². The van der Waals surface area contributed by atoms with E-state index >= 15 is 0 Å². The molecule has 2 saturated carbocycles. The van der Waals surface area contributed by atoms with E-state index in [0.717, 1.165) is 30.6 Å². The van der Waals surface area contributed by atoms with Crippen molar-refractivity contribution in [1.82, 2.24) is 9.62 Å². The van der Waals surface area contributed by atoms with E-state index in [0.29, 0.717) is 23.2 Å². The van der Waals surface area contributed by atoms with Crippen molar-refractivity contribution in [3.8, 4) is 0 Å². The van der Waals surface area contributed by atoms with Gasteiger partial charge in [-0.1, -0.05) is 27.2 Å². The lowest BCUT2D eigenvalue weighted by molar-refractivity contribution is -0.122. The van der Waals surface area contributed by atoms with Gasteiger partial charge in [-0.15, -0.1) is 11.3 Å². The molecule has 1 aromatic heterocycles. The highest BCUT2D eigenvalue weighted by Crippen LogP contribution is 2.65. The normalized spacial score (nSPS) is 32.5. The van der Waals surface area contributed by atoms with Crippen LogP contribution in [0.4, 0.5) is 0 Å². The minimum absolute atomic E-state index is 0.0124. The van der Waals surface area contributed by atoms with Crippen LogP contribution in [0.15, 0.2) is 16.3 Å². The van der Waals surface area contributed by atoms with Gasteiger partial charge < -0.3 is 5.32 Å². The average Bonchev–Trinajstić information content (AvgIpc) is 3.26. The summed E-state index contributed by atoms with van der Waals surface area (Å²) in [5, 5.41) is 3.27. The van der Waals surface area contributed by atoms with Gasteiger partial charge >= 0.3 is 0 Å². The van der Waals surface area contributed by atoms with E-state index in [4.69, 9.17) is 0 Å². The molecule has 2 heterocycles. The van der Waals surface area contributed by atoms with Gasteiger partial charge in [0, 0.05) is 24.0 Å². The fraction of sp³-hybridized carbons (Fsp3) is 0.762. The van der Waals surface area contributed by atoms with Gasteiger partial charge in [0.15, 0.2) is 0 Å². The van der Waals surface area contributed by atoms with Gasteiger partial charge in [-0.3, -0.25) is 4.79 Å². The molecule has 4 rings (SSSR count). The predicted octanol–water partition coefficient (Wildman–Crippen LogP) is 3.80. The fourth-order valence-corrected chi connectivity index (χ4v) is 8.68. The van der Waals surface area contributed by atoms with Crippen LogP contribution in [0.2, 0.25) is 0 Å². The van der Waals surface area contributed by atoms with Crippen LogP contribution in [0, 0.1) is 16.7 Å². The van der Waals surface area contributed by atoms with E-state index in [9.17, 15) is 13.2 Å². The molecule has 3 unspecified atom stereocenters. The number of carbonyl (C=O) groups is 1. The van der Waals surface area contributed by atoms with E-state index in [1.165, 1.54) is 24.2 Å². The molecule has 3 fully saturated rings. The van der Waals surface area contributed by atoms with E-state index in [1.807, 2.05) is 0 Å². The minimum Gasteiger partial charge on any atom is -0.352 e. The number of amides is 1. The molecule has 1 aromatic rings. The topological polar surface area (TPSA) is 66.5 Å². The number of sulfonamides is 1. The van der Waals surface area contributed by atoms with Crippen LogP contribution in [-0.4, -0.2) is 37.8 Å². The Labute approximate surface area is 172 Å². The Kier molecular flexibility index (Phi) is 5.16. The van der Waals surface area contributed by atoms with Crippen LogP contribution >= 0.6 is 11.3 Å². The zero-order chi connectivity index (χ0) is 20.2. The lowest BCUT2D eigenvalue weighted by Crippen LogP contribution is -2.47. The van der Waals surface area contributed by atoms with Gasteiger partial charge in [0.05, 0.1) is 6.42 Å². The Morgan fingerprint density at radius 3 is 2.54 bits per heavy atom. The standard InChI is InChI=1S/C21H32N2O3S2/c1-20(2)15-9-10-21(20,3)17(13-15)22-18(24)14-16-7-8-19(27-16)28(25,26)23-11-5-4-6-12-23/h7-8,15,17H,4-6,9-14H2,1-3H3,(H,22,24). The summed E-state index contributed by atoms with van der Waals surface area (Å²) in [5.41, 5.74) is 0.426. The van der Waals surface area contributed by atoms with Crippen molar-refractivity contribution in [2.24, 2.45) is 16.7 Å². The predicted molar refractivity (Wildman–Crippen MR) is 112 cm³/mol. The van der Waals surface area contributed by atoms with E-state index in [1.54, 1.807) is 16.4 Å². The molecule has 1 aliphatic heterocycles. The fourth-order valence-electron chi connectivity index (χ4n) is 5.65.